The summed E-state index contributed by atoms with van der Waals surface area (Å²) >= 11 is 0. The molecule has 0 aliphatic rings. The SMILES string of the molecule is O=C(O)c1ccc(C=Cc2cccc(F)n2)cc1. The molecule has 18 heavy (non-hydrogen) atoms. The molecule has 0 atom stereocenters. The second kappa shape index (κ2) is 5.23. The number of halogens is 1. The molecule has 1 aromatic heterocycles. The first kappa shape index (κ1) is 12.0. The van der Waals surface area contributed by atoms with Crippen LogP contribution in [0.2, 0.25) is 0 Å². The predicted octanol–water partition coefficient (Wildman–Crippen LogP) is 3.09. The summed E-state index contributed by atoms with van der Waals surface area (Å²) < 4.78 is 12.8. The molecule has 0 radical (unpaired) electrons. The van der Waals surface area contributed by atoms with Crippen molar-refractivity contribution in [2.75, 3.05) is 0 Å². The second-order valence-corrected chi connectivity index (χ2v) is 3.65. The van der Waals surface area contributed by atoms with E-state index in [-0.39, 0.29) is 5.56 Å². The Morgan fingerprint density at radius 3 is 2.44 bits per heavy atom. The Morgan fingerprint density at radius 2 is 1.83 bits per heavy atom. The van der Waals surface area contributed by atoms with Gasteiger partial charge in [0.2, 0.25) is 5.95 Å². The Labute approximate surface area is 103 Å². The molecule has 0 aliphatic heterocycles. The first-order chi connectivity index (χ1) is 8.65. The molecule has 2 rings (SSSR count). The third kappa shape index (κ3) is 3.01. The van der Waals surface area contributed by atoms with Crippen LogP contribution in [0.25, 0.3) is 12.2 Å². The van der Waals surface area contributed by atoms with Crippen molar-refractivity contribution in [3.63, 3.8) is 0 Å². The largest absolute Gasteiger partial charge is 0.478 e. The highest BCUT2D eigenvalue weighted by Crippen LogP contribution is 2.09. The summed E-state index contributed by atoms with van der Waals surface area (Å²) in [5.41, 5.74) is 1.57. The van der Waals surface area contributed by atoms with Crippen molar-refractivity contribution in [3.05, 3.63) is 65.2 Å². The van der Waals surface area contributed by atoms with E-state index in [0.29, 0.717) is 5.69 Å². The Balaban J connectivity index is 2.16. The molecule has 2 aromatic rings. The molecule has 1 N–H and O–H groups in total. The topological polar surface area (TPSA) is 50.2 Å². The van der Waals surface area contributed by atoms with Crippen LogP contribution in [0, 0.1) is 5.95 Å². The maximum Gasteiger partial charge on any atom is 0.335 e. The number of pyridine rings is 1. The van der Waals surface area contributed by atoms with Crippen molar-refractivity contribution in [2.45, 2.75) is 0 Å². The molecule has 0 spiro atoms. The van der Waals surface area contributed by atoms with Gasteiger partial charge in [0.1, 0.15) is 0 Å². The van der Waals surface area contributed by atoms with Crippen molar-refractivity contribution in [3.8, 4) is 0 Å². The normalized spacial score (nSPS) is 10.7. The van der Waals surface area contributed by atoms with Gasteiger partial charge >= 0.3 is 5.97 Å². The summed E-state index contributed by atoms with van der Waals surface area (Å²) in [6, 6.07) is 10.9. The lowest BCUT2D eigenvalue weighted by atomic mass is 10.1. The van der Waals surface area contributed by atoms with Crippen molar-refractivity contribution < 1.29 is 14.3 Å². The molecular weight excluding hydrogens is 233 g/mol. The first-order valence-corrected chi connectivity index (χ1v) is 5.29. The van der Waals surface area contributed by atoms with Crippen LogP contribution in [0.3, 0.4) is 0 Å². The van der Waals surface area contributed by atoms with Gasteiger partial charge in [-0.05, 0) is 35.9 Å². The summed E-state index contributed by atoms with van der Waals surface area (Å²) in [6.45, 7) is 0. The number of aromatic carboxylic acids is 1. The second-order valence-electron chi connectivity index (χ2n) is 3.65. The average Bonchev–Trinajstić information content (AvgIpc) is 2.37. The zero-order chi connectivity index (χ0) is 13.0. The molecule has 0 unspecified atom stereocenters. The minimum absolute atomic E-state index is 0.232. The number of carbonyl (C=O) groups is 1. The highest BCUT2D eigenvalue weighted by molar-refractivity contribution is 5.88. The molecule has 0 fully saturated rings. The molecule has 0 bridgehead atoms. The molecule has 0 saturated carbocycles. The van der Waals surface area contributed by atoms with Crippen LogP contribution in [-0.4, -0.2) is 16.1 Å². The average molecular weight is 243 g/mol. The number of nitrogens with zero attached hydrogens (tertiary/aromatic N) is 1. The monoisotopic (exact) mass is 243 g/mol. The molecule has 90 valence electrons. The van der Waals surface area contributed by atoms with Crippen LogP contribution in [0.15, 0.2) is 42.5 Å². The van der Waals surface area contributed by atoms with E-state index >= 15 is 0 Å². The van der Waals surface area contributed by atoms with Crippen LogP contribution in [0.5, 0.6) is 0 Å². The van der Waals surface area contributed by atoms with E-state index in [9.17, 15) is 9.18 Å². The van der Waals surface area contributed by atoms with E-state index in [2.05, 4.69) is 4.98 Å². The number of carboxylic acid groups (broad SMARTS) is 1. The smallest absolute Gasteiger partial charge is 0.335 e. The number of benzene rings is 1. The van der Waals surface area contributed by atoms with Crippen molar-refractivity contribution in [1.82, 2.24) is 4.98 Å². The third-order valence-corrected chi connectivity index (χ3v) is 2.34. The van der Waals surface area contributed by atoms with E-state index in [1.807, 2.05) is 0 Å². The number of rotatable bonds is 3. The Kier molecular flexibility index (Phi) is 3.48. The van der Waals surface area contributed by atoms with Gasteiger partial charge in [0.25, 0.3) is 0 Å². The van der Waals surface area contributed by atoms with Gasteiger partial charge in [0.05, 0.1) is 11.3 Å². The highest BCUT2D eigenvalue weighted by atomic mass is 19.1. The predicted molar refractivity (Wildman–Crippen MR) is 66.5 cm³/mol. The lowest BCUT2D eigenvalue weighted by Crippen LogP contribution is -1.94. The van der Waals surface area contributed by atoms with E-state index in [1.54, 1.807) is 36.4 Å². The van der Waals surface area contributed by atoms with Gasteiger partial charge in [-0.1, -0.05) is 24.3 Å². The van der Waals surface area contributed by atoms with Gasteiger partial charge in [0, 0.05) is 0 Å². The number of aromatic nitrogens is 1. The summed E-state index contributed by atoms with van der Waals surface area (Å²) in [5.74, 6) is -1.49. The maximum absolute atomic E-state index is 12.8. The van der Waals surface area contributed by atoms with Crippen LogP contribution < -0.4 is 0 Å². The minimum atomic E-state index is -0.961. The molecule has 3 nitrogen and oxygen atoms in total. The zero-order valence-corrected chi connectivity index (χ0v) is 9.38. The summed E-state index contributed by atoms with van der Waals surface area (Å²) in [4.78, 5) is 14.3. The molecule has 1 heterocycles. The van der Waals surface area contributed by atoms with E-state index in [4.69, 9.17) is 5.11 Å². The minimum Gasteiger partial charge on any atom is -0.478 e. The van der Waals surface area contributed by atoms with Crippen LogP contribution in [-0.2, 0) is 0 Å². The Bertz CT molecular complexity index is 591. The fraction of sp³-hybridized carbons (Fsp3) is 0. The van der Waals surface area contributed by atoms with E-state index in [1.165, 1.54) is 18.2 Å². The van der Waals surface area contributed by atoms with Gasteiger partial charge in [-0.15, -0.1) is 0 Å². The van der Waals surface area contributed by atoms with Gasteiger partial charge in [0.15, 0.2) is 0 Å². The molecule has 0 amide bonds. The van der Waals surface area contributed by atoms with Crippen LogP contribution in [0.1, 0.15) is 21.6 Å². The highest BCUT2D eigenvalue weighted by Gasteiger charge is 2.00. The summed E-state index contributed by atoms with van der Waals surface area (Å²) in [7, 11) is 0. The molecular formula is C14H10FNO2. The van der Waals surface area contributed by atoms with Crippen molar-refractivity contribution in [1.29, 1.82) is 0 Å². The van der Waals surface area contributed by atoms with Crippen LogP contribution in [0.4, 0.5) is 4.39 Å². The Hall–Kier alpha value is -2.49. The third-order valence-electron chi connectivity index (χ3n) is 2.34. The standard InChI is InChI=1S/C14H10FNO2/c15-13-3-1-2-12(16-13)9-6-10-4-7-11(8-5-10)14(17)18/h1-9H,(H,17,18). The zero-order valence-electron chi connectivity index (χ0n) is 9.38. The molecule has 4 heteroatoms. The molecule has 0 aliphatic carbocycles. The van der Waals surface area contributed by atoms with Gasteiger partial charge in [-0.3, -0.25) is 0 Å². The summed E-state index contributed by atoms with van der Waals surface area (Å²) in [5, 5.41) is 8.74. The van der Waals surface area contributed by atoms with Crippen LogP contribution >= 0.6 is 0 Å². The molecule has 1 aromatic carbocycles. The fourth-order valence-electron chi connectivity index (χ4n) is 1.44. The van der Waals surface area contributed by atoms with Gasteiger partial charge in [-0.25, -0.2) is 9.78 Å². The maximum atomic E-state index is 12.8. The van der Waals surface area contributed by atoms with E-state index in [0.717, 1.165) is 5.56 Å². The molecule has 0 saturated heterocycles. The number of hydrogen-bond acceptors (Lipinski definition) is 2. The summed E-state index contributed by atoms with van der Waals surface area (Å²) in [6.07, 6.45) is 3.41. The Morgan fingerprint density at radius 1 is 1.11 bits per heavy atom. The lowest BCUT2D eigenvalue weighted by molar-refractivity contribution is 0.0697. The van der Waals surface area contributed by atoms with E-state index < -0.39 is 11.9 Å². The first-order valence-electron chi connectivity index (χ1n) is 5.29. The fourth-order valence-corrected chi connectivity index (χ4v) is 1.44. The lowest BCUT2D eigenvalue weighted by Gasteiger charge is -1.96. The quantitative estimate of drug-likeness (QED) is 0.843. The number of carboxylic acids is 1. The number of hydrogen-bond donors (Lipinski definition) is 1. The van der Waals surface area contributed by atoms with Gasteiger partial charge in [-0.2, -0.15) is 4.39 Å². The van der Waals surface area contributed by atoms with Crippen molar-refractivity contribution >= 4 is 18.1 Å². The van der Waals surface area contributed by atoms with Gasteiger partial charge < -0.3 is 5.11 Å². The van der Waals surface area contributed by atoms with Crippen molar-refractivity contribution in [2.24, 2.45) is 0 Å².